The number of nitrogens with one attached hydrogen (secondary N) is 1. The first kappa shape index (κ1) is 21.7. The van der Waals surface area contributed by atoms with Gasteiger partial charge in [-0.05, 0) is 31.0 Å². The number of carbonyl (C=O) groups excluding carboxylic acids is 1. The predicted octanol–water partition coefficient (Wildman–Crippen LogP) is 3.02. The number of rotatable bonds is 4. The summed E-state index contributed by atoms with van der Waals surface area (Å²) < 4.78 is 47.3. The molecule has 2 aromatic rings. The summed E-state index contributed by atoms with van der Waals surface area (Å²) in [4.78, 5) is 13.0. The lowest BCUT2D eigenvalue weighted by atomic mass is 9.89. The fourth-order valence-corrected chi connectivity index (χ4v) is 4.25. The van der Waals surface area contributed by atoms with Gasteiger partial charge in [-0.3, -0.25) is 4.79 Å². The number of aliphatic hydroxyl groups is 2. The number of benzene rings is 2. The smallest absolute Gasteiger partial charge is 0.224 e. The van der Waals surface area contributed by atoms with E-state index in [-0.39, 0.29) is 61.3 Å². The van der Waals surface area contributed by atoms with Gasteiger partial charge in [0.1, 0.15) is 35.7 Å². The van der Waals surface area contributed by atoms with Gasteiger partial charge < -0.3 is 25.2 Å². The molecule has 0 radical (unpaired) electrons. The normalized spacial score (nSPS) is 23.4. The van der Waals surface area contributed by atoms with E-state index >= 15 is 0 Å². The topological polar surface area (TPSA) is 82.0 Å². The van der Waals surface area contributed by atoms with Crippen LogP contribution in [0.1, 0.15) is 18.4 Å². The van der Waals surface area contributed by atoms with Crippen molar-refractivity contribution in [2.24, 2.45) is 0 Å². The van der Waals surface area contributed by atoms with Crippen LogP contribution in [0.5, 0.6) is 5.75 Å². The molecule has 3 N–H and O–H groups in total. The molecule has 1 fully saturated rings. The Morgan fingerprint density at radius 3 is 2.71 bits per heavy atom. The molecule has 1 saturated heterocycles. The second-order valence-corrected chi connectivity index (χ2v) is 8.18. The molecule has 1 amide bonds. The number of hydrogen-bond donors (Lipinski definition) is 3. The number of carbonyl (C=O) groups is 1. The SMILES string of the molecule is O=C1CCc2c(OCC3(O)CCN(c4c(F)cc(F)cc4Cl)CC3O)ccc(F)c2N1. The van der Waals surface area contributed by atoms with Gasteiger partial charge in [0, 0.05) is 31.1 Å². The zero-order valence-electron chi connectivity index (χ0n) is 16.3. The van der Waals surface area contributed by atoms with Gasteiger partial charge in [-0.2, -0.15) is 0 Å². The number of β-amino-alcohol motifs (C(OH)–C–C–N with tert-alkyl or cyclic N) is 1. The molecule has 2 atom stereocenters. The molecule has 31 heavy (non-hydrogen) atoms. The molecule has 0 aromatic heterocycles. The summed E-state index contributed by atoms with van der Waals surface area (Å²) in [5, 5.41) is 23.8. The molecule has 0 aliphatic carbocycles. The van der Waals surface area contributed by atoms with E-state index in [4.69, 9.17) is 16.3 Å². The quantitative estimate of drug-likeness (QED) is 0.659. The fraction of sp³-hybridized carbons (Fsp3) is 0.381. The van der Waals surface area contributed by atoms with Crippen LogP contribution in [-0.2, 0) is 11.2 Å². The number of aliphatic hydroxyl groups excluding tert-OH is 1. The molecule has 4 rings (SSSR count). The minimum absolute atomic E-state index is 0.0153. The predicted molar refractivity (Wildman–Crippen MR) is 108 cm³/mol. The molecule has 0 bridgehead atoms. The van der Waals surface area contributed by atoms with Crippen molar-refractivity contribution in [3.05, 3.63) is 52.3 Å². The maximum Gasteiger partial charge on any atom is 0.224 e. The van der Waals surface area contributed by atoms with Crippen LogP contribution in [0.25, 0.3) is 0 Å². The van der Waals surface area contributed by atoms with Crippen LogP contribution in [0, 0.1) is 17.5 Å². The Balaban J connectivity index is 1.48. The van der Waals surface area contributed by atoms with Crippen molar-refractivity contribution >= 4 is 28.9 Å². The third kappa shape index (κ3) is 4.17. The summed E-state index contributed by atoms with van der Waals surface area (Å²) in [5.74, 6) is -2.25. The Kier molecular flexibility index (Phi) is 5.76. The molecular weight excluding hydrogens is 437 g/mol. The Labute approximate surface area is 181 Å². The number of ether oxygens (including phenoxy) is 1. The van der Waals surface area contributed by atoms with E-state index in [1.807, 2.05) is 0 Å². The third-order valence-corrected chi connectivity index (χ3v) is 5.98. The Bertz CT molecular complexity index is 1010. The minimum Gasteiger partial charge on any atom is -0.490 e. The van der Waals surface area contributed by atoms with E-state index in [1.54, 1.807) is 0 Å². The average Bonchev–Trinajstić information content (AvgIpc) is 2.70. The average molecular weight is 457 g/mol. The molecule has 0 spiro atoms. The maximum atomic E-state index is 14.2. The molecule has 6 nitrogen and oxygen atoms in total. The lowest BCUT2D eigenvalue weighted by Crippen LogP contribution is -2.58. The summed E-state index contributed by atoms with van der Waals surface area (Å²) >= 11 is 5.97. The molecule has 2 aromatic carbocycles. The van der Waals surface area contributed by atoms with E-state index < -0.39 is 29.2 Å². The molecule has 2 heterocycles. The van der Waals surface area contributed by atoms with Gasteiger partial charge in [-0.25, -0.2) is 13.2 Å². The maximum absolute atomic E-state index is 14.2. The monoisotopic (exact) mass is 456 g/mol. The van der Waals surface area contributed by atoms with Gasteiger partial charge in [0.25, 0.3) is 0 Å². The lowest BCUT2D eigenvalue weighted by molar-refractivity contribution is -0.116. The Hall–Kier alpha value is -2.49. The molecule has 2 aliphatic rings. The molecule has 2 unspecified atom stereocenters. The van der Waals surface area contributed by atoms with Crippen molar-refractivity contribution < 1.29 is 32.9 Å². The van der Waals surface area contributed by atoms with Crippen molar-refractivity contribution in [1.82, 2.24) is 0 Å². The number of halogens is 4. The van der Waals surface area contributed by atoms with Gasteiger partial charge in [-0.1, -0.05) is 11.6 Å². The standard InChI is InChI=1S/C21H20ClF3N2O4/c22-13-7-11(23)8-15(25)20(13)27-6-5-21(30,17(28)9-27)10-31-16-3-2-14(24)19-12(16)1-4-18(29)26-19/h2-3,7-8,17,28,30H,1,4-6,9-10H2,(H,26,29). The van der Waals surface area contributed by atoms with Crippen LogP contribution in [0.15, 0.2) is 24.3 Å². The second-order valence-electron chi connectivity index (χ2n) is 7.77. The summed E-state index contributed by atoms with van der Waals surface area (Å²) in [7, 11) is 0. The molecule has 0 saturated carbocycles. The lowest BCUT2D eigenvalue weighted by Gasteiger charge is -2.43. The second kappa shape index (κ2) is 8.22. The summed E-state index contributed by atoms with van der Waals surface area (Å²) in [6.07, 6.45) is -0.844. The molecule has 2 aliphatic heterocycles. The van der Waals surface area contributed by atoms with Gasteiger partial charge in [0.2, 0.25) is 5.91 Å². The molecule has 10 heteroatoms. The van der Waals surface area contributed by atoms with Crippen molar-refractivity contribution in [2.75, 3.05) is 29.9 Å². The minimum atomic E-state index is -1.65. The Morgan fingerprint density at radius 1 is 1.23 bits per heavy atom. The first-order valence-electron chi connectivity index (χ1n) is 9.72. The third-order valence-electron chi connectivity index (χ3n) is 5.69. The zero-order chi connectivity index (χ0) is 22.3. The van der Waals surface area contributed by atoms with E-state index in [1.165, 1.54) is 11.0 Å². The zero-order valence-corrected chi connectivity index (χ0v) is 17.1. The van der Waals surface area contributed by atoms with Crippen LogP contribution >= 0.6 is 11.6 Å². The van der Waals surface area contributed by atoms with Crippen LogP contribution in [0.4, 0.5) is 24.5 Å². The van der Waals surface area contributed by atoms with Crippen molar-refractivity contribution in [3.63, 3.8) is 0 Å². The Morgan fingerprint density at radius 2 is 2.00 bits per heavy atom. The van der Waals surface area contributed by atoms with Crippen LogP contribution in [-0.4, -0.2) is 47.5 Å². The summed E-state index contributed by atoms with van der Waals surface area (Å²) in [6.45, 7) is -0.315. The summed E-state index contributed by atoms with van der Waals surface area (Å²) in [5.41, 5.74) is -1.17. The number of piperidine rings is 1. The number of amides is 1. The van der Waals surface area contributed by atoms with Gasteiger partial charge in [0.05, 0.1) is 16.4 Å². The number of nitrogens with zero attached hydrogens (tertiary/aromatic N) is 1. The van der Waals surface area contributed by atoms with Gasteiger partial charge >= 0.3 is 0 Å². The number of fused-ring (bicyclic) bond motifs is 1. The van der Waals surface area contributed by atoms with E-state index in [0.29, 0.717) is 17.4 Å². The van der Waals surface area contributed by atoms with Crippen molar-refractivity contribution in [1.29, 1.82) is 0 Å². The summed E-state index contributed by atoms with van der Waals surface area (Å²) in [6, 6.07) is 4.24. The van der Waals surface area contributed by atoms with Crippen molar-refractivity contribution in [2.45, 2.75) is 31.0 Å². The number of anilines is 2. The van der Waals surface area contributed by atoms with E-state index in [0.717, 1.165) is 12.1 Å². The first-order chi connectivity index (χ1) is 14.7. The van der Waals surface area contributed by atoms with E-state index in [2.05, 4.69) is 5.32 Å². The number of hydrogen-bond acceptors (Lipinski definition) is 5. The first-order valence-corrected chi connectivity index (χ1v) is 10.1. The highest BCUT2D eigenvalue weighted by Gasteiger charge is 2.42. The van der Waals surface area contributed by atoms with E-state index in [9.17, 15) is 28.2 Å². The van der Waals surface area contributed by atoms with Crippen LogP contribution in [0.2, 0.25) is 5.02 Å². The highest BCUT2D eigenvalue weighted by Crippen LogP contribution is 2.37. The van der Waals surface area contributed by atoms with Crippen LogP contribution < -0.4 is 15.0 Å². The van der Waals surface area contributed by atoms with Gasteiger partial charge in [0.15, 0.2) is 5.82 Å². The highest BCUT2D eigenvalue weighted by molar-refractivity contribution is 6.33. The molecule has 166 valence electrons. The molecular formula is C21H20ClF3N2O4. The van der Waals surface area contributed by atoms with Crippen molar-refractivity contribution in [3.8, 4) is 5.75 Å². The van der Waals surface area contributed by atoms with Crippen LogP contribution in [0.3, 0.4) is 0 Å². The largest absolute Gasteiger partial charge is 0.490 e. The fourth-order valence-electron chi connectivity index (χ4n) is 3.94. The highest BCUT2D eigenvalue weighted by atomic mass is 35.5. The van der Waals surface area contributed by atoms with Gasteiger partial charge in [-0.15, -0.1) is 0 Å².